The summed E-state index contributed by atoms with van der Waals surface area (Å²) in [7, 11) is 1.32. The second kappa shape index (κ2) is 9.92. The van der Waals surface area contributed by atoms with Gasteiger partial charge in [0.1, 0.15) is 5.78 Å². The summed E-state index contributed by atoms with van der Waals surface area (Å²) in [5.74, 6) is -1.50. The van der Waals surface area contributed by atoms with Crippen LogP contribution in [0.4, 0.5) is 0 Å². The van der Waals surface area contributed by atoms with E-state index in [1.807, 2.05) is 31.2 Å². The molecule has 1 heterocycles. The number of hydrogen-bond acceptors (Lipinski definition) is 6. The van der Waals surface area contributed by atoms with Gasteiger partial charge in [-0.15, -0.1) is 0 Å². The molecule has 2 aromatic rings. The van der Waals surface area contributed by atoms with Crippen LogP contribution in [0.5, 0.6) is 11.5 Å². The van der Waals surface area contributed by atoms with E-state index in [9.17, 15) is 14.7 Å². The van der Waals surface area contributed by atoms with Crippen LogP contribution in [0.15, 0.2) is 57.1 Å². The first-order valence-corrected chi connectivity index (χ1v) is 12.2. The molecule has 0 saturated heterocycles. The number of Topliss-reactive ketones (excluding diaryl/α,β-unsaturated/α-hetero) is 1. The Morgan fingerprint density at radius 1 is 1.18 bits per heavy atom. The molecular weight excluding hydrogens is 522 g/mol. The van der Waals surface area contributed by atoms with Gasteiger partial charge in [0.25, 0.3) is 0 Å². The maximum atomic E-state index is 13.6. The highest BCUT2D eigenvalue weighted by molar-refractivity contribution is 9.10. The topological polar surface area (TPSA) is 85.2 Å². The Morgan fingerprint density at radius 2 is 1.88 bits per heavy atom. The molecule has 1 fully saturated rings. The van der Waals surface area contributed by atoms with E-state index in [0.717, 1.165) is 11.3 Å². The van der Waals surface area contributed by atoms with E-state index in [2.05, 4.69) is 15.9 Å². The number of ether oxygens (including phenoxy) is 2. The number of phenols is 1. The van der Waals surface area contributed by atoms with Gasteiger partial charge in [0.2, 0.25) is 0 Å². The molecule has 1 aliphatic heterocycles. The number of halogens is 2. The number of allylic oxidation sites excluding steroid dienone is 1. The van der Waals surface area contributed by atoms with Crippen LogP contribution >= 0.6 is 27.5 Å². The third-order valence-corrected chi connectivity index (χ3v) is 7.27. The second-order valence-electron chi connectivity index (χ2n) is 8.45. The summed E-state index contributed by atoms with van der Waals surface area (Å²) in [5.41, 5.74) is 3.31. The Labute approximate surface area is 211 Å². The Kier molecular flexibility index (Phi) is 7.14. The van der Waals surface area contributed by atoms with Crippen LogP contribution in [0.2, 0.25) is 5.02 Å². The van der Waals surface area contributed by atoms with Crippen molar-refractivity contribution in [3.8, 4) is 11.5 Å². The fourth-order valence-electron chi connectivity index (χ4n) is 4.92. The molecule has 6 nitrogen and oxygen atoms in total. The number of carbonyl (C=O) groups is 2. The number of carbonyl (C=O) groups excluding carboxylic acids is 2. The number of fused-ring (bicyclic) bond motifs is 1. The lowest BCUT2D eigenvalue weighted by atomic mass is 9.66. The van der Waals surface area contributed by atoms with Crippen molar-refractivity contribution in [2.24, 2.45) is 10.9 Å². The minimum Gasteiger partial charge on any atom is -0.503 e. The lowest BCUT2D eigenvalue weighted by Crippen LogP contribution is -2.41. The molecule has 8 heteroatoms. The van der Waals surface area contributed by atoms with E-state index in [1.165, 1.54) is 7.11 Å². The molecule has 0 spiro atoms. The third kappa shape index (κ3) is 4.51. The zero-order valence-electron chi connectivity index (χ0n) is 19.1. The molecule has 34 heavy (non-hydrogen) atoms. The lowest BCUT2D eigenvalue weighted by molar-refractivity contribution is -0.136. The van der Waals surface area contributed by atoms with Crippen molar-refractivity contribution in [2.75, 3.05) is 13.7 Å². The molecule has 1 saturated carbocycles. The number of phenolic OH excluding ortho intramolecular Hbond substituents is 1. The van der Waals surface area contributed by atoms with Gasteiger partial charge in [0, 0.05) is 28.8 Å². The van der Waals surface area contributed by atoms with Crippen molar-refractivity contribution in [1.82, 2.24) is 0 Å². The predicted molar refractivity (Wildman–Crippen MR) is 134 cm³/mol. The first-order chi connectivity index (χ1) is 16.2. The molecule has 0 bridgehead atoms. The summed E-state index contributed by atoms with van der Waals surface area (Å²) in [6.45, 7) is 3.93. The average Bonchev–Trinajstić information content (AvgIpc) is 2.81. The Morgan fingerprint density at radius 3 is 2.53 bits per heavy atom. The van der Waals surface area contributed by atoms with E-state index >= 15 is 0 Å². The molecule has 1 unspecified atom stereocenters. The lowest BCUT2D eigenvalue weighted by Gasteiger charge is -2.38. The summed E-state index contributed by atoms with van der Waals surface area (Å²) in [6.07, 6.45) is 0.921. The van der Waals surface area contributed by atoms with E-state index in [-0.39, 0.29) is 23.2 Å². The fourth-order valence-corrected chi connectivity index (χ4v) is 5.51. The van der Waals surface area contributed by atoms with Gasteiger partial charge in [-0.1, -0.05) is 23.7 Å². The maximum Gasteiger partial charge on any atom is 0.336 e. The summed E-state index contributed by atoms with van der Waals surface area (Å²) in [4.78, 5) is 31.2. The number of aromatic hydroxyl groups is 1. The van der Waals surface area contributed by atoms with Gasteiger partial charge in [-0.3, -0.25) is 9.79 Å². The number of methoxy groups -OCH3 is 1. The van der Waals surface area contributed by atoms with E-state index in [4.69, 9.17) is 26.1 Å². The van der Waals surface area contributed by atoms with Crippen LogP contribution in [0, 0.1) is 5.92 Å². The number of aliphatic imine (C=N–C) groups is 1. The maximum absolute atomic E-state index is 13.6. The zero-order valence-corrected chi connectivity index (χ0v) is 21.4. The van der Waals surface area contributed by atoms with Crippen molar-refractivity contribution >= 4 is 45.0 Å². The molecule has 4 rings (SSSR count). The highest BCUT2D eigenvalue weighted by atomic mass is 79.9. The van der Waals surface area contributed by atoms with E-state index in [0.29, 0.717) is 45.8 Å². The van der Waals surface area contributed by atoms with Crippen LogP contribution < -0.4 is 4.74 Å². The Balaban J connectivity index is 1.82. The first-order valence-electron chi connectivity index (χ1n) is 11.0. The molecule has 178 valence electrons. The van der Waals surface area contributed by atoms with Crippen molar-refractivity contribution in [1.29, 1.82) is 0 Å². The number of nitrogens with zero attached hydrogens (tertiary/aromatic N) is 1. The van der Waals surface area contributed by atoms with Crippen molar-refractivity contribution in [3.63, 3.8) is 0 Å². The SMILES string of the molecule is CCOc1cc([C@@H]2C(C(=O)OC)=C(C)N=C3C[C@@H](c4ccc(Cl)cc4)CC(=O)C32)cc(Br)c1O. The smallest absolute Gasteiger partial charge is 0.336 e. The average molecular weight is 547 g/mol. The number of esters is 1. The second-order valence-corrected chi connectivity index (χ2v) is 9.75. The van der Waals surface area contributed by atoms with Gasteiger partial charge >= 0.3 is 5.97 Å². The van der Waals surface area contributed by atoms with Gasteiger partial charge in [-0.25, -0.2) is 4.79 Å². The van der Waals surface area contributed by atoms with Crippen molar-refractivity contribution in [3.05, 3.63) is 68.3 Å². The van der Waals surface area contributed by atoms with Crippen LogP contribution in [0.1, 0.15) is 49.7 Å². The summed E-state index contributed by atoms with van der Waals surface area (Å²) in [5, 5.41) is 11.1. The molecule has 3 atom stereocenters. The van der Waals surface area contributed by atoms with Crippen LogP contribution in [0.3, 0.4) is 0 Å². The van der Waals surface area contributed by atoms with Crippen LogP contribution in [0.25, 0.3) is 0 Å². The summed E-state index contributed by atoms with van der Waals surface area (Å²) in [6, 6.07) is 10.9. The van der Waals surface area contributed by atoms with Gasteiger partial charge in [-0.05, 0) is 77.5 Å². The fraction of sp³-hybridized carbons (Fsp3) is 0.346. The number of ketones is 1. The van der Waals surface area contributed by atoms with Crippen LogP contribution in [-0.4, -0.2) is 36.3 Å². The minimum atomic E-state index is -0.604. The van der Waals surface area contributed by atoms with Crippen molar-refractivity contribution in [2.45, 2.75) is 38.5 Å². The highest BCUT2D eigenvalue weighted by Gasteiger charge is 2.46. The number of hydrogen-bond donors (Lipinski definition) is 1. The zero-order chi connectivity index (χ0) is 24.6. The van der Waals surface area contributed by atoms with Crippen molar-refractivity contribution < 1.29 is 24.2 Å². The summed E-state index contributed by atoms with van der Waals surface area (Å²) < 4.78 is 11.1. The molecule has 2 aromatic carbocycles. The monoisotopic (exact) mass is 545 g/mol. The summed E-state index contributed by atoms with van der Waals surface area (Å²) >= 11 is 9.43. The Bertz CT molecular complexity index is 1200. The van der Waals surface area contributed by atoms with E-state index < -0.39 is 17.8 Å². The first kappa shape index (κ1) is 24.5. The quantitative estimate of drug-likeness (QED) is 0.468. The van der Waals surface area contributed by atoms with Gasteiger partial charge in [0.05, 0.1) is 29.7 Å². The minimum absolute atomic E-state index is 0.00557. The normalized spacial score (nSPS) is 22.2. The molecule has 1 N–H and O–H groups in total. The van der Waals surface area contributed by atoms with Gasteiger partial charge < -0.3 is 14.6 Å². The number of rotatable bonds is 5. The van der Waals surface area contributed by atoms with Gasteiger partial charge in [0.15, 0.2) is 11.5 Å². The number of benzene rings is 2. The molecule has 0 aromatic heterocycles. The van der Waals surface area contributed by atoms with E-state index in [1.54, 1.807) is 19.1 Å². The van der Waals surface area contributed by atoms with Gasteiger partial charge in [-0.2, -0.15) is 0 Å². The predicted octanol–water partition coefficient (Wildman–Crippen LogP) is 5.95. The largest absolute Gasteiger partial charge is 0.503 e. The third-order valence-electron chi connectivity index (χ3n) is 6.41. The molecule has 0 amide bonds. The molecule has 2 aliphatic rings. The molecular formula is C26H25BrClNO5. The van der Waals surface area contributed by atoms with Crippen LogP contribution in [-0.2, 0) is 14.3 Å². The molecule has 0 radical (unpaired) electrons. The molecule has 1 aliphatic carbocycles. The standard InChI is InChI=1S/C26H25BrClNO5/c1-4-34-21-12-16(9-18(27)25(21)31)23-22(26(32)33-3)13(2)29-19-10-15(11-20(30)24(19)23)14-5-7-17(28)8-6-14/h5-9,12,15,23-24,31H,4,10-11H2,1-3H3/t15-,23-,24?/m1/s1. The highest BCUT2D eigenvalue weighted by Crippen LogP contribution is 2.48. The Hall–Kier alpha value is -2.64.